The normalized spacial score (nSPS) is 30.8. The standard InChI is InChI=1S/C14H26N2O/c1-3-15-12-7-9-16(10-8-12)14(17)13-6-4-5-11(13)2/h11-13,15H,3-10H2,1-2H3. The SMILES string of the molecule is CCNC1CCN(C(=O)C2CCCC2C)CC1. The van der Waals surface area contributed by atoms with Gasteiger partial charge in [0.15, 0.2) is 0 Å². The van der Waals surface area contributed by atoms with Gasteiger partial charge < -0.3 is 10.2 Å². The van der Waals surface area contributed by atoms with E-state index in [1.807, 2.05) is 0 Å². The molecule has 1 amide bonds. The number of hydrogen-bond acceptors (Lipinski definition) is 2. The second-order valence-corrected chi connectivity index (χ2v) is 5.67. The van der Waals surface area contributed by atoms with Gasteiger partial charge in [-0.25, -0.2) is 0 Å². The Balaban J connectivity index is 1.82. The Hall–Kier alpha value is -0.570. The summed E-state index contributed by atoms with van der Waals surface area (Å²) in [5.74, 6) is 1.37. The van der Waals surface area contributed by atoms with Crippen LogP contribution in [-0.2, 0) is 4.79 Å². The van der Waals surface area contributed by atoms with Gasteiger partial charge in [0.2, 0.25) is 5.91 Å². The molecule has 1 aliphatic carbocycles. The van der Waals surface area contributed by atoms with E-state index in [9.17, 15) is 4.79 Å². The predicted octanol–water partition coefficient (Wildman–Crippen LogP) is 2.02. The fraction of sp³-hybridized carbons (Fsp3) is 0.929. The Morgan fingerprint density at radius 1 is 1.24 bits per heavy atom. The molecular formula is C14H26N2O. The van der Waals surface area contributed by atoms with E-state index >= 15 is 0 Å². The van der Waals surface area contributed by atoms with Crippen LogP contribution in [0.5, 0.6) is 0 Å². The van der Waals surface area contributed by atoms with Crippen LogP contribution in [-0.4, -0.2) is 36.5 Å². The summed E-state index contributed by atoms with van der Waals surface area (Å²) in [5.41, 5.74) is 0. The first kappa shape index (κ1) is 12.9. The van der Waals surface area contributed by atoms with Crippen LogP contribution in [0.4, 0.5) is 0 Å². The van der Waals surface area contributed by atoms with E-state index in [4.69, 9.17) is 0 Å². The van der Waals surface area contributed by atoms with Gasteiger partial charge >= 0.3 is 0 Å². The minimum atomic E-state index is 0.325. The molecule has 1 saturated heterocycles. The summed E-state index contributed by atoms with van der Waals surface area (Å²) in [6, 6.07) is 0.630. The molecule has 2 fully saturated rings. The molecule has 2 rings (SSSR count). The summed E-state index contributed by atoms with van der Waals surface area (Å²) in [6.07, 6.45) is 5.85. The first-order valence-corrected chi connectivity index (χ1v) is 7.24. The highest BCUT2D eigenvalue weighted by Gasteiger charge is 2.34. The Morgan fingerprint density at radius 3 is 2.47 bits per heavy atom. The molecule has 3 nitrogen and oxygen atoms in total. The van der Waals surface area contributed by atoms with Crippen LogP contribution in [0.3, 0.4) is 0 Å². The van der Waals surface area contributed by atoms with Crippen LogP contribution in [0, 0.1) is 11.8 Å². The van der Waals surface area contributed by atoms with Crippen molar-refractivity contribution >= 4 is 5.91 Å². The van der Waals surface area contributed by atoms with Gasteiger partial charge in [-0.05, 0) is 38.1 Å². The second kappa shape index (κ2) is 5.85. The Labute approximate surface area is 105 Å². The maximum absolute atomic E-state index is 12.4. The Kier molecular flexibility index (Phi) is 4.43. The Bertz CT molecular complexity index is 259. The number of amides is 1. The lowest BCUT2D eigenvalue weighted by atomic mass is 9.95. The zero-order valence-electron chi connectivity index (χ0n) is 11.2. The van der Waals surface area contributed by atoms with Crippen LogP contribution in [0.15, 0.2) is 0 Å². The summed E-state index contributed by atoms with van der Waals surface area (Å²) < 4.78 is 0. The van der Waals surface area contributed by atoms with Crippen molar-refractivity contribution in [1.29, 1.82) is 0 Å². The average Bonchev–Trinajstić information content (AvgIpc) is 2.76. The fourth-order valence-corrected chi connectivity index (χ4v) is 3.34. The minimum absolute atomic E-state index is 0.325. The van der Waals surface area contributed by atoms with E-state index in [0.717, 1.165) is 38.9 Å². The van der Waals surface area contributed by atoms with Crippen molar-refractivity contribution in [3.8, 4) is 0 Å². The summed E-state index contributed by atoms with van der Waals surface area (Å²) in [4.78, 5) is 14.5. The van der Waals surface area contributed by atoms with Crippen LogP contribution in [0.25, 0.3) is 0 Å². The fourth-order valence-electron chi connectivity index (χ4n) is 3.34. The van der Waals surface area contributed by atoms with E-state index < -0.39 is 0 Å². The van der Waals surface area contributed by atoms with Gasteiger partial charge in [-0.15, -0.1) is 0 Å². The zero-order valence-corrected chi connectivity index (χ0v) is 11.2. The third-order valence-corrected chi connectivity index (χ3v) is 4.48. The number of nitrogens with zero attached hydrogens (tertiary/aromatic N) is 1. The molecule has 2 atom stereocenters. The Morgan fingerprint density at radius 2 is 1.94 bits per heavy atom. The summed E-state index contributed by atoms with van der Waals surface area (Å²) in [5, 5.41) is 3.48. The number of piperidine rings is 1. The molecule has 98 valence electrons. The lowest BCUT2D eigenvalue weighted by Gasteiger charge is -2.34. The lowest BCUT2D eigenvalue weighted by Crippen LogP contribution is -2.47. The first-order chi connectivity index (χ1) is 8.22. The molecule has 0 spiro atoms. The molecule has 2 unspecified atom stereocenters. The van der Waals surface area contributed by atoms with E-state index in [0.29, 0.717) is 23.8 Å². The lowest BCUT2D eigenvalue weighted by molar-refractivity contribution is -0.137. The maximum Gasteiger partial charge on any atom is 0.225 e. The smallest absolute Gasteiger partial charge is 0.225 e. The average molecular weight is 238 g/mol. The molecule has 1 heterocycles. The molecular weight excluding hydrogens is 212 g/mol. The number of hydrogen-bond donors (Lipinski definition) is 1. The van der Waals surface area contributed by atoms with E-state index in [1.54, 1.807) is 0 Å². The molecule has 1 N–H and O–H groups in total. The van der Waals surface area contributed by atoms with Gasteiger partial charge in [0.05, 0.1) is 0 Å². The van der Waals surface area contributed by atoms with Crippen molar-refractivity contribution in [2.75, 3.05) is 19.6 Å². The van der Waals surface area contributed by atoms with Gasteiger partial charge in [-0.2, -0.15) is 0 Å². The maximum atomic E-state index is 12.4. The third-order valence-electron chi connectivity index (χ3n) is 4.48. The van der Waals surface area contributed by atoms with Crippen molar-refractivity contribution in [3.63, 3.8) is 0 Å². The van der Waals surface area contributed by atoms with Gasteiger partial charge in [-0.1, -0.05) is 20.3 Å². The van der Waals surface area contributed by atoms with Crippen LogP contribution >= 0.6 is 0 Å². The van der Waals surface area contributed by atoms with Crippen molar-refractivity contribution in [1.82, 2.24) is 10.2 Å². The van der Waals surface area contributed by atoms with Crippen molar-refractivity contribution < 1.29 is 4.79 Å². The molecule has 0 radical (unpaired) electrons. The van der Waals surface area contributed by atoms with Gasteiger partial charge in [-0.3, -0.25) is 4.79 Å². The highest BCUT2D eigenvalue weighted by atomic mass is 16.2. The van der Waals surface area contributed by atoms with Crippen molar-refractivity contribution in [3.05, 3.63) is 0 Å². The van der Waals surface area contributed by atoms with E-state index in [2.05, 4.69) is 24.1 Å². The molecule has 1 aliphatic heterocycles. The molecule has 0 aromatic heterocycles. The molecule has 0 bridgehead atoms. The quantitative estimate of drug-likeness (QED) is 0.816. The molecule has 0 aromatic rings. The van der Waals surface area contributed by atoms with Gasteiger partial charge in [0.25, 0.3) is 0 Å². The van der Waals surface area contributed by atoms with Crippen molar-refractivity contribution in [2.24, 2.45) is 11.8 Å². The monoisotopic (exact) mass is 238 g/mol. The second-order valence-electron chi connectivity index (χ2n) is 5.67. The highest BCUT2D eigenvalue weighted by Crippen LogP contribution is 2.33. The minimum Gasteiger partial charge on any atom is -0.342 e. The molecule has 0 aromatic carbocycles. The number of carbonyl (C=O) groups is 1. The largest absolute Gasteiger partial charge is 0.342 e. The van der Waals surface area contributed by atoms with Gasteiger partial charge in [0, 0.05) is 25.0 Å². The summed E-state index contributed by atoms with van der Waals surface area (Å²) in [7, 11) is 0. The molecule has 2 aliphatic rings. The van der Waals surface area contributed by atoms with Gasteiger partial charge in [0.1, 0.15) is 0 Å². The summed E-state index contributed by atoms with van der Waals surface area (Å²) >= 11 is 0. The van der Waals surface area contributed by atoms with Crippen molar-refractivity contribution in [2.45, 2.75) is 52.0 Å². The number of likely N-dealkylation sites (tertiary alicyclic amines) is 1. The topological polar surface area (TPSA) is 32.3 Å². The molecule has 17 heavy (non-hydrogen) atoms. The number of carbonyl (C=O) groups excluding carboxylic acids is 1. The molecule has 1 saturated carbocycles. The zero-order chi connectivity index (χ0) is 12.3. The van der Waals surface area contributed by atoms with E-state index in [-0.39, 0.29) is 0 Å². The highest BCUT2D eigenvalue weighted by molar-refractivity contribution is 5.79. The number of nitrogens with one attached hydrogen (secondary N) is 1. The van der Waals surface area contributed by atoms with Crippen LogP contribution < -0.4 is 5.32 Å². The van der Waals surface area contributed by atoms with Crippen LogP contribution in [0.1, 0.15) is 46.0 Å². The van der Waals surface area contributed by atoms with Crippen LogP contribution in [0.2, 0.25) is 0 Å². The number of rotatable bonds is 3. The molecule has 3 heteroatoms. The first-order valence-electron chi connectivity index (χ1n) is 7.24. The summed E-state index contributed by atoms with van der Waals surface area (Å²) in [6.45, 7) is 7.34. The third kappa shape index (κ3) is 3.01. The predicted molar refractivity (Wildman–Crippen MR) is 69.8 cm³/mol. The van der Waals surface area contributed by atoms with E-state index in [1.165, 1.54) is 12.8 Å².